The molecule has 0 bridgehead atoms. The van der Waals surface area contributed by atoms with Crippen LogP contribution < -0.4 is 10.2 Å². The van der Waals surface area contributed by atoms with E-state index in [1.165, 1.54) is 19.3 Å². The first-order valence-electron chi connectivity index (χ1n) is 7.87. The standard InChI is InChI=1S/C17H21N3OS/c1-2-16(21)18-14-8-6-13(7-9-14)15-12-22-17(19-15)20-10-4-3-5-11-20/h6-9,12H,2-5,10-11H2,1H3,(H,18,21). The van der Waals surface area contributed by atoms with Crippen molar-refractivity contribution in [1.82, 2.24) is 4.98 Å². The van der Waals surface area contributed by atoms with E-state index in [2.05, 4.69) is 15.6 Å². The van der Waals surface area contributed by atoms with E-state index in [-0.39, 0.29) is 5.91 Å². The third-order valence-corrected chi connectivity index (χ3v) is 4.81. The van der Waals surface area contributed by atoms with Gasteiger partial charge in [0.25, 0.3) is 0 Å². The van der Waals surface area contributed by atoms with Gasteiger partial charge in [-0.05, 0) is 31.4 Å². The Morgan fingerprint density at radius 3 is 2.64 bits per heavy atom. The first kappa shape index (κ1) is 15.0. The average molecular weight is 315 g/mol. The van der Waals surface area contributed by atoms with Crippen molar-refractivity contribution >= 4 is 28.1 Å². The van der Waals surface area contributed by atoms with E-state index in [1.807, 2.05) is 31.2 Å². The molecule has 1 amide bonds. The Bertz CT molecular complexity index is 630. The van der Waals surface area contributed by atoms with Gasteiger partial charge in [-0.15, -0.1) is 11.3 Å². The molecular formula is C17H21N3OS. The molecule has 22 heavy (non-hydrogen) atoms. The van der Waals surface area contributed by atoms with Gasteiger partial charge in [-0.2, -0.15) is 0 Å². The highest BCUT2D eigenvalue weighted by atomic mass is 32.1. The van der Waals surface area contributed by atoms with Gasteiger partial charge < -0.3 is 10.2 Å². The van der Waals surface area contributed by atoms with Crippen molar-refractivity contribution in [2.75, 3.05) is 23.3 Å². The zero-order valence-electron chi connectivity index (χ0n) is 12.8. The summed E-state index contributed by atoms with van der Waals surface area (Å²) < 4.78 is 0. The van der Waals surface area contributed by atoms with Crippen LogP contribution in [0.25, 0.3) is 11.3 Å². The van der Waals surface area contributed by atoms with Crippen LogP contribution in [0.3, 0.4) is 0 Å². The maximum atomic E-state index is 11.4. The lowest BCUT2D eigenvalue weighted by Gasteiger charge is -2.25. The highest BCUT2D eigenvalue weighted by Gasteiger charge is 2.14. The van der Waals surface area contributed by atoms with Gasteiger partial charge in [0.2, 0.25) is 5.91 Å². The maximum absolute atomic E-state index is 11.4. The van der Waals surface area contributed by atoms with Crippen molar-refractivity contribution < 1.29 is 4.79 Å². The minimum atomic E-state index is 0.0359. The molecule has 116 valence electrons. The normalized spacial score (nSPS) is 14.9. The zero-order valence-corrected chi connectivity index (χ0v) is 13.7. The van der Waals surface area contributed by atoms with Gasteiger partial charge >= 0.3 is 0 Å². The summed E-state index contributed by atoms with van der Waals surface area (Å²) in [6.07, 6.45) is 4.36. The number of rotatable bonds is 4. The molecule has 1 aromatic heterocycles. The fourth-order valence-corrected chi connectivity index (χ4v) is 3.49. The second kappa shape index (κ2) is 6.92. The zero-order chi connectivity index (χ0) is 15.4. The summed E-state index contributed by atoms with van der Waals surface area (Å²) in [6.45, 7) is 4.09. The lowest BCUT2D eigenvalue weighted by atomic mass is 10.1. The SMILES string of the molecule is CCC(=O)Nc1ccc(-c2csc(N3CCCCC3)n2)cc1. The number of hydrogen-bond acceptors (Lipinski definition) is 4. The van der Waals surface area contributed by atoms with Crippen LogP contribution in [0.4, 0.5) is 10.8 Å². The van der Waals surface area contributed by atoms with Gasteiger partial charge in [0.15, 0.2) is 5.13 Å². The first-order valence-corrected chi connectivity index (χ1v) is 8.75. The van der Waals surface area contributed by atoms with Gasteiger partial charge in [0.05, 0.1) is 5.69 Å². The third kappa shape index (κ3) is 3.47. The summed E-state index contributed by atoms with van der Waals surface area (Å²) >= 11 is 1.71. The molecule has 4 nitrogen and oxygen atoms in total. The molecule has 2 heterocycles. The third-order valence-electron chi connectivity index (χ3n) is 3.90. The van der Waals surface area contributed by atoms with E-state index in [0.29, 0.717) is 6.42 Å². The van der Waals surface area contributed by atoms with E-state index in [1.54, 1.807) is 11.3 Å². The Morgan fingerprint density at radius 1 is 1.23 bits per heavy atom. The van der Waals surface area contributed by atoms with E-state index >= 15 is 0 Å². The number of aromatic nitrogens is 1. The summed E-state index contributed by atoms with van der Waals surface area (Å²) in [5.74, 6) is 0.0359. The second-order valence-corrected chi connectivity index (χ2v) is 6.38. The number of benzene rings is 1. The Balaban J connectivity index is 1.71. The van der Waals surface area contributed by atoms with Gasteiger partial charge in [0.1, 0.15) is 0 Å². The number of thiazole rings is 1. The highest BCUT2D eigenvalue weighted by molar-refractivity contribution is 7.14. The van der Waals surface area contributed by atoms with Crippen LogP contribution in [0.15, 0.2) is 29.6 Å². The van der Waals surface area contributed by atoms with Crippen molar-refractivity contribution in [2.45, 2.75) is 32.6 Å². The number of amides is 1. The average Bonchev–Trinajstić information content (AvgIpc) is 3.06. The molecular weight excluding hydrogens is 294 g/mol. The molecule has 1 aliphatic heterocycles. The van der Waals surface area contributed by atoms with Crippen LogP contribution in [-0.2, 0) is 4.79 Å². The number of hydrogen-bond donors (Lipinski definition) is 1. The summed E-state index contributed by atoms with van der Waals surface area (Å²) in [7, 11) is 0. The van der Waals surface area contributed by atoms with Crippen molar-refractivity contribution in [1.29, 1.82) is 0 Å². The Labute approximate surface area is 135 Å². The largest absolute Gasteiger partial charge is 0.348 e. The molecule has 1 fully saturated rings. The summed E-state index contributed by atoms with van der Waals surface area (Å²) in [5.41, 5.74) is 2.94. The topological polar surface area (TPSA) is 45.2 Å². The number of carbonyl (C=O) groups excluding carboxylic acids is 1. The van der Waals surface area contributed by atoms with E-state index in [0.717, 1.165) is 35.2 Å². The van der Waals surface area contributed by atoms with Crippen LogP contribution in [0.1, 0.15) is 32.6 Å². The van der Waals surface area contributed by atoms with Crippen LogP contribution in [0, 0.1) is 0 Å². The fraction of sp³-hybridized carbons (Fsp3) is 0.412. The van der Waals surface area contributed by atoms with Gasteiger partial charge in [-0.3, -0.25) is 4.79 Å². The number of anilines is 2. The highest BCUT2D eigenvalue weighted by Crippen LogP contribution is 2.29. The molecule has 2 aromatic rings. The van der Waals surface area contributed by atoms with E-state index in [4.69, 9.17) is 4.98 Å². The second-order valence-electron chi connectivity index (χ2n) is 5.54. The number of nitrogens with zero attached hydrogens (tertiary/aromatic N) is 2. The molecule has 5 heteroatoms. The summed E-state index contributed by atoms with van der Waals surface area (Å²) in [5, 5.41) is 6.10. The molecule has 1 saturated heterocycles. The van der Waals surface area contributed by atoms with Crippen LogP contribution in [-0.4, -0.2) is 24.0 Å². The lowest BCUT2D eigenvalue weighted by Crippen LogP contribution is -2.29. The minimum Gasteiger partial charge on any atom is -0.348 e. The molecule has 0 saturated carbocycles. The van der Waals surface area contributed by atoms with Gasteiger partial charge in [0, 0.05) is 36.1 Å². The molecule has 1 N–H and O–H groups in total. The Kier molecular flexibility index (Phi) is 4.73. The van der Waals surface area contributed by atoms with Crippen LogP contribution in [0.5, 0.6) is 0 Å². The Hall–Kier alpha value is -1.88. The monoisotopic (exact) mass is 315 g/mol. The lowest BCUT2D eigenvalue weighted by molar-refractivity contribution is -0.115. The predicted molar refractivity (Wildman–Crippen MR) is 92.5 cm³/mol. The van der Waals surface area contributed by atoms with Crippen molar-refractivity contribution in [3.05, 3.63) is 29.6 Å². The quantitative estimate of drug-likeness (QED) is 0.922. The predicted octanol–water partition coefficient (Wildman–Crippen LogP) is 4.15. The fourth-order valence-electron chi connectivity index (χ4n) is 2.60. The molecule has 0 radical (unpaired) electrons. The van der Waals surface area contributed by atoms with Gasteiger partial charge in [-0.1, -0.05) is 19.1 Å². The van der Waals surface area contributed by atoms with Crippen molar-refractivity contribution in [3.63, 3.8) is 0 Å². The Morgan fingerprint density at radius 2 is 1.95 bits per heavy atom. The van der Waals surface area contributed by atoms with Crippen molar-refractivity contribution in [2.24, 2.45) is 0 Å². The van der Waals surface area contributed by atoms with Crippen LogP contribution in [0.2, 0.25) is 0 Å². The molecule has 0 atom stereocenters. The van der Waals surface area contributed by atoms with E-state index in [9.17, 15) is 4.79 Å². The van der Waals surface area contributed by atoms with E-state index < -0.39 is 0 Å². The summed E-state index contributed by atoms with van der Waals surface area (Å²) in [4.78, 5) is 18.5. The number of carbonyl (C=O) groups is 1. The summed E-state index contributed by atoms with van der Waals surface area (Å²) in [6, 6.07) is 7.90. The molecule has 0 spiro atoms. The molecule has 3 rings (SSSR count). The molecule has 1 aliphatic rings. The first-order chi connectivity index (χ1) is 10.8. The molecule has 0 aliphatic carbocycles. The minimum absolute atomic E-state index is 0.0359. The van der Waals surface area contributed by atoms with Gasteiger partial charge in [-0.25, -0.2) is 4.98 Å². The molecule has 0 unspecified atom stereocenters. The van der Waals surface area contributed by atoms with Crippen LogP contribution >= 0.6 is 11.3 Å². The smallest absolute Gasteiger partial charge is 0.224 e. The number of nitrogens with one attached hydrogen (secondary N) is 1. The number of piperidine rings is 1. The van der Waals surface area contributed by atoms with Crippen molar-refractivity contribution in [3.8, 4) is 11.3 Å². The maximum Gasteiger partial charge on any atom is 0.224 e. The molecule has 1 aromatic carbocycles.